The van der Waals surface area contributed by atoms with Crippen LogP contribution in [0.25, 0.3) is 0 Å². The number of rotatable bonds is 3. The molecule has 0 saturated heterocycles. The molecule has 8 heteroatoms. The van der Waals surface area contributed by atoms with Crippen molar-refractivity contribution in [1.29, 1.82) is 5.26 Å². The van der Waals surface area contributed by atoms with E-state index in [4.69, 9.17) is 9.47 Å². The minimum absolute atomic E-state index is 0.0885. The van der Waals surface area contributed by atoms with Gasteiger partial charge in [0.25, 0.3) is 0 Å². The van der Waals surface area contributed by atoms with Crippen LogP contribution in [0.5, 0.6) is 11.5 Å². The molecule has 25 heavy (non-hydrogen) atoms. The molecular weight excluding hydrogens is 347 g/mol. The van der Waals surface area contributed by atoms with Gasteiger partial charge in [0.05, 0.1) is 30.5 Å². The highest BCUT2D eigenvalue weighted by Gasteiger charge is 2.33. The SMILES string of the molecule is COc1ccc(OC)c(N2C=C(C#N)S(=O)(=O)c3ccc(F)cc32)c1. The first kappa shape index (κ1) is 16.8. The van der Waals surface area contributed by atoms with Crippen molar-refractivity contribution >= 4 is 21.2 Å². The van der Waals surface area contributed by atoms with E-state index in [2.05, 4.69) is 0 Å². The van der Waals surface area contributed by atoms with E-state index < -0.39 is 20.6 Å². The van der Waals surface area contributed by atoms with Gasteiger partial charge in [-0.05, 0) is 30.3 Å². The summed E-state index contributed by atoms with van der Waals surface area (Å²) in [5.41, 5.74) is 0.502. The lowest BCUT2D eigenvalue weighted by molar-refractivity contribution is 0.404. The van der Waals surface area contributed by atoms with E-state index in [9.17, 15) is 18.1 Å². The summed E-state index contributed by atoms with van der Waals surface area (Å²) in [5, 5.41) is 9.24. The molecular formula is C17H13FN2O4S. The molecule has 0 fully saturated rings. The molecule has 128 valence electrons. The van der Waals surface area contributed by atoms with E-state index >= 15 is 0 Å². The minimum atomic E-state index is -4.01. The fourth-order valence-electron chi connectivity index (χ4n) is 2.55. The van der Waals surface area contributed by atoms with Gasteiger partial charge < -0.3 is 14.4 Å². The van der Waals surface area contributed by atoms with Crippen molar-refractivity contribution in [2.45, 2.75) is 4.90 Å². The van der Waals surface area contributed by atoms with Crippen LogP contribution in [0.4, 0.5) is 15.8 Å². The molecule has 1 aliphatic heterocycles. The Morgan fingerprint density at radius 2 is 1.84 bits per heavy atom. The number of nitrogens with zero attached hydrogens (tertiary/aromatic N) is 2. The fraction of sp³-hybridized carbons (Fsp3) is 0.118. The highest BCUT2D eigenvalue weighted by atomic mass is 32.2. The van der Waals surface area contributed by atoms with Crippen molar-refractivity contribution in [3.63, 3.8) is 0 Å². The van der Waals surface area contributed by atoms with Crippen molar-refractivity contribution in [2.24, 2.45) is 0 Å². The van der Waals surface area contributed by atoms with E-state index in [1.807, 2.05) is 0 Å². The smallest absolute Gasteiger partial charge is 0.220 e. The van der Waals surface area contributed by atoms with E-state index in [-0.39, 0.29) is 10.6 Å². The summed E-state index contributed by atoms with van der Waals surface area (Å²) in [5.74, 6) is 0.299. The van der Waals surface area contributed by atoms with Crippen LogP contribution in [-0.2, 0) is 9.84 Å². The maximum Gasteiger partial charge on any atom is 0.220 e. The number of methoxy groups -OCH3 is 2. The van der Waals surface area contributed by atoms with E-state index in [1.165, 1.54) is 19.1 Å². The van der Waals surface area contributed by atoms with Gasteiger partial charge in [0.1, 0.15) is 23.4 Å². The number of halogens is 1. The van der Waals surface area contributed by atoms with Crippen LogP contribution in [0.3, 0.4) is 0 Å². The first-order valence-electron chi connectivity index (χ1n) is 7.10. The summed E-state index contributed by atoms with van der Waals surface area (Å²) in [6.07, 6.45) is 1.15. The Labute approximate surface area is 144 Å². The zero-order chi connectivity index (χ0) is 18.2. The number of allylic oxidation sites excluding steroid dienone is 1. The molecule has 0 radical (unpaired) electrons. The van der Waals surface area contributed by atoms with E-state index in [0.717, 1.165) is 24.4 Å². The topological polar surface area (TPSA) is 79.6 Å². The Balaban J connectivity index is 2.34. The average molecular weight is 360 g/mol. The molecule has 0 bridgehead atoms. The Morgan fingerprint density at radius 3 is 2.48 bits per heavy atom. The van der Waals surface area contributed by atoms with E-state index in [0.29, 0.717) is 17.2 Å². The van der Waals surface area contributed by atoms with Crippen molar-refractivity contribution in [3.05, 3.63) is 53.3 Å². The van der Waals surface area contributed by atoms with Crippen LogP contribution < -0.4 is 14.4 Å². The third-order valence-electron chi connectivity index (χ3n) is 3.76. The number of benzene rings is 2. The summed E-state index contributed by atoms with van der Waals surface area (Å²) < 4.78 is 49.3. The monoisotopic (exact) mass is 360 g/mol. The number of sulfone groups is 1. The Bertz CT molecular complexity index is 1030. The number of nitriles is 1. The molecule has 0 N–H and O–H groups in total. The molecule has 0 spiro atoms. The summed E-state index contributed by atoms with van der Waals surface area (Å²) in [6.45, 7) is 0. The van der Waals surface area contributed by atoms with Crippen LogP contribution in [0, 0.1) is 17.1 Å². The first-order chi connectivity index (χ1) is 11.9. The quantitative estimate of drug-likeness (QED) is 0.783. The summed E-state index contributed by atoms with van der Waals surface area (Å²) in [4.78, 5) is 0.800. The van der Waals surface area contributed by atoms with Gasteiger partial charge in [-0.3, -0.25) is 0 Å². The van der Waals surface area contributed by atoms with Gasteiger partial charge in [0.15, 0.2) is 4.91 Å². The molecule has 2 aromatic rings. The largest absolute Gasteiger partial charge is 0.497 e. The normalized spacial score (nSPS) is 15.0. The molecule has 2 aromatic carbocycles. The highest BCUT2D eigenvalue weighted by molar-refractivity contribution is 7.95. The molecule has 0 aliphatic carbocycles. The van der Waals surface area contributed by atoms with Gasteiger partial charge in [-0.1, -0.05) is 0 Å². The molecule has 0 atom stereocenters. The second-order valence-corrected chi connectivity index (χ2v) is 7.01. The molecule has 1 heterocycles. The third-order valence-corrected chi connectivity index (χ3v) is 5.46. The Hall–Kier alpha value is -3.05. The van der Waals surface area contributed by atoms with Gasteiger partial charge in [0, 0.05) is 12.3 Å². The first-order valence-corrected chi connectivity index (χ1v) is 8.58. The summed E-state index contributed by atoms with van der Waals surface area (Å²) in [6, 6.07) is 9.87. The van der Waals surface area contributed by atoms with Gasteiger partial charge in [-0.15, -0.1) is 0 Å². The molecule has 0 amide bonds. The molecule has 0 aromatic heterocycles. The molecule has 0 unspecified atom stereocenters. The maximum absolute atomic E-state index is 13.8. The van der Waals surface area contributed by atoms with Crippen LogP contribution in [0.1, 0.15) is 0 Å². The molecule has 0 saturated carbocycles. The van der Waals surface area contributed by atoms with Gasteiger partial charge in [0.2, 0.25) is 9.84 Å². The lowest BCUT2D eigenvalue weighted by Crippen LogP contribution is -2.22. The van der Waals surface area contributed by atoms with Crippen molar-refractivity contribution < 1.29 is 22.3 Å². The maximum atomic E-state index is 13.8. The van der Waals surface area contributed by atoms with Gasteiger partial charge >= 0.3 is 0 Å². The van der Waals surface area contributed by atoms with Gasteiger partial charge in [-0.25, -0.2) is 12.8 Å². The zero-order valence-electron chi connectivity index (χ0n) is 13.4. The lowest BCUT2D eigenvalue weighted by Gasteiger charge is -2.28. The van der Waals surface area contributed by atoms with Crippen LogP contribution in [0.2, 0.25) is 0 Å². The number of anilines is 2. The third kappa shape index (κ3) is 2.68. The number of fused-ring (bicyclic) bond motifs is 1. The van der Waals surface area contributed by atoms with Crippen molar-refractivity contribution in [1.82, 2.24) is 0 Å². The lowest BCUT2D eigenvalue weighted by atomic mass is 10.2. The zero-order valence-corrected chi connectivity index (χ0v) is 14.2. The molecule has 6 nitrogen and oxygen atoms in total. The highest BCUT2D eigenvalue weighted by Crippen LogP contribution is 2.43. The minimum Gasteiger partial charge on any atom is -0.497 e. The van der Waals surface area contributed by atoms with Crippen molar-refractivity contribution in [2.75, 3.05) is 19.1 Å². The van der Waals surface area contributed by atoms with Crippen LogP contribution >= 0.6 is 0 Å². The summed E-state index contributed by atoms with van der Waals surface area (Å²) >= 11 is 0. The molecule has 1 aliphatic rings. The van der Waals surface area contributed by atoms with Crippen LogP contribution in [0.15, 0.2) is 52.4 Å². The average Bonchev–Trinajstić information content (AvgIpc) is 2.61. The van der Waals surface area contributed by atoms with Crippen molar-refractivity contribution in [3.8, 4) is 17.6 Å². The second kappa shape index (κ2) is 6.11. The Morgan fingerprint density at radius 1 is 1.08 bits per heavy atom. The standard InChI is InChI=1S/C17H13FN2O4S/c1-23-12-4-5-16(24-2)14(8-12)20-10-13(9-19)25(21,22)17-6-3-11(18)7-15(17)20/h3-8,10H,1-2H3. The number of hydrogen-bond acceptors (Lipinski definition) is 6. The predicted molar refractivity (Wildman–Crippen MR) is 89.0 cm³/mol. The number of hydrogen-bond donors (Lipinski definition) is 0. The van der Waals surface area contributed by atoms with Crippen LogP contribution in [-0.4, -0.2) is 22.6 Å². The number of ether oxygens (including phenoxy) is 2. The predicted octanol–water partition coefficient (Wildman–Crippen LogP) is 3.13. The fourth-order valence-corrected chi connectivity index (χ4v) is 3.84. The summed E-state index contributed by atoms with van der Waals surface area (Å²) in [7, 11) is -1.07. The van der Waals surface area contributed by atoms with Gasteiger partial charge in [-0.2, -0.15) is 5.26 Å². The second-order valence-electron chi connectivity index (χ2n) is 5.13. The Kier molecular flexibility index (Phi) is 4.10. The molecule has 3 rings (SSSR count). The van der Waals surface area contributed by atoms with E-state index in [1.54, 1.807) is 24.3 Å².